The average molecular weight is 519 g/mol. The molecule has 4 aliphatic rings. The molecule has 4 atom stereocenters. The third-order valence-corrected chi connectivity index (χ3v) is 8.02. The number of carbonyl (C=O) groups excluding carboxylic acids is 2. The molecule has 2 bridgehead atoms. The van der Waals surface area contributed by atoms with Crippen molar-refractivity contribution in [2.45, 2.75) is 57.6 Å². The van der Waals surface area contributed by atoms with Crippen LogP contribution in [0.1, 0.15) is 55.8 Å². The second kappa shape index (κ2) is 12.2. The van der Waals surface area contributed by atoms with Gasteiger partial charge in [0.2, 0.25) is 0 Å². The topological polar surface area (TPSA) is 97.1 Å². The molecule has 36 heavy (non-hydrogen) atoms. The van der Waals surface area contributed by atoms with E-state index >= 15 is 0 Å². The number of unbranched alkanes of at least 4 members (excludes halogenated alkanes) is 2. The van der Waals surface area contributed by atoms with Crippen molar-refractivity contribution in [3.05, 3.63) is 35.0 Å². The van der Waals surface area contributed by atoms with E-state index in [2.05, 4.69) is 34.3 Å². The molecule has 1 amide bonds. The van der Waals surface area contributed by atoms with Gasteiger partial charge in [-0.1, -0.05) is 31.0 Å². The zero-order valence-corrected chi connectivity index (χ0v) is 22.1. The summed E-state index contributed by atoms with van der Waals surface area (Å²) in [6.45, 7) is 6.95. The number of halogens is 1. The molecule has 4 heterocycles. The van der Waals surface area contributed by atoms with Gasteiger partial charge in [0.1, 0.15) is 11.9 Å². The first-order valence-corrected chi connectivity index (χ1v) is 13.5. The Morgan fingerprint density at radius 2 is 2.00 bits per heavy atom. The number of nitrogens with zero attached hydrogens (tertiary/aromatic N) is 2. The number of benzene rings is 1. The first kappa shape index (κ1) is 26.6. The molecule has 0 saturated carbocycles. The minimum absolute atomic E-state index is 0.0256. The predicted octanol–water partition coefficient (Wildman–Crippen LogP) is 3.69. The predicted molar refractivity (Wildman–Crippen MR) is 141 cm³/mol. The Labute approximate surface area is 219 Å². The molecule has 8 nitrogen and oxygen atoms in total. The molecule has 5 rings (SSSR count). The fraction of sp³-hybridized carbons (Fsp3) is 0.630. The number of methoxy groups -OCH3 is 1. The number of ether oxygens (including phenoxy) is 2. The minimum atomic E-state index is -0.194. The van der Waals surface area contributed by atoms with Crippen LogP contribution in [0.2, 0.25) is 5.02 Å². The van der Waals surface area contributed by atoms with E-state index in [9.17, 15) is 9.59 Å². The van der Waals surface area contributed by atoms with Gasteiger partial charge in [0.05, 0.1) is 29.9 Å². The van der Waals surface area contributed by atoms with Crippen LogP contribution in [0.15, 0.2) is 24.4 Å². The number of amides is 1. The standard InChI is InChI=1S/C27H39ClN4O4/c1-18-16-31(10-5-3-4-6-26(33)36-25-17-32-11-7-19(25)8-12-32)13-9-23(18)30-27(34)20-14-21(28)22(29)15-24(20)35-2/h7,11,14-15,18-19,23,25H,3-6,8-10,12-13,16-17,29H2,1-2H3,(H,30,34)/t18?,19?,23-,25+/m1/s1. The van der Waals surface area contributed by atoms with Gasteiger partial charge >= 0.3 is 5.97 Å². The maximum Gasteiger partial charge on any atom is 0.306 e. The fourth-order valence-electron chi connectivity index (χ4n) is 5.49. The summed E-state index contributed by atoms with van der Waals surface area (Å²) in [5.74, 6) is 0.874. The number of hydrogen-bond acceptors (Lipinski definition) is 7. The maximum atomic E-state index is 12.9. The lowest BCUT2D eigenvalue weighted by atomic mass is 9.90. The Morgan fingerprint density at radius 1 is 1.17 bits per heavy atom. The quantitative estimate of drug-likeness (QED) is 0.277. The van der Waals surface area contributed by atoms with E-state index in [1.54, 1.807) is 12.1 Å². The van der Waals surface area contributed by atoms with E-state index < -0.39 is 0 Å². The number of nitrogens with one attached hydrogen (secondary N) is 1. The van der Waals surface area contributed by atoms with Gasteiger partial charge in [0, 0.05) is 44.1 Å². The number of likely N-dealkylation sites (tertiary alicyclic amines) is 1. The third-order valence-electron chi connectivity index (χ3n) is 7.69. The second-order valence-electron chi connectivity index (χ2n) is 10.3. The van der Waals surface area contributed by atoms with Gasteiger partial charge in [-0.15, -0.1) is 0 Å². The molecule has 0 spiro atoms. The Bertz CT molecular complexity index is 971. The van der Waals surface area contributed by atoms with Crippen molar-refractivity contribution in [2.75, 3.05) is 45.6 Å². The van der Waals surface area contributed by atoms with Gasteiger partial charge < -0.3 is 30.3 Å². The lowest BCUT2D eigenvalue weighted by Gasteiger charge is -2.40. The Kier molecular flexibility index (Phi) is 9.01. The van der Waals surface area contributed by atoms with E-state index in [0.717, 1.165) is 64.8 Å². The minimum Gasteiger partial charge on any atom is -0.496 e. The summed E-state index contributed by atoms with van der Waals surface area (Å²) in [6.07, 6.45) is 9.72. The third kappa shape index (κ3) is 6.65. The number of anilines is 1. The second-order valence-corrected chi connectivity index (χ2v) is 10.8. The van der Waals surface area contributed by atoms with Gasteiger partial charge in [-0.05, 0) is 50.4 Å². The number of hydrogen-bond donors (Lipinski definition) is 2. The monoisotopic (exact) mass is 518 g/mol. The molecule has 1 aromatic carbocycles. The highest BCUT2D eigenvalue weighted by Crippen LogP contribution is 2.30. The van der Waals surface area contributed by atoms with Crippen molar-refractivity contribution < 1.29 is 19.1 Å². The van der Waals surface area contributed by atoms with E-state index in [0.29, 0.717) is 40.3 Å². The zero-order valence-electron chi connectivity index (χ0n) is 21.4. The molecule has 198 valence electrons. The van der Waals surface area contributed by atoms with Crippen molar-refractivity contribution in [2.24, 2.45) is 11.8 Å². The summed E-state index contributed by atoms with van der Waals surface area (Å²) in [5.41, 5.74) is 6.62. The summed E-state index contributed by atoms with van der Waals surface area (Å²) in [4.78, 5) is 29.8. The number of esters is 1. The smallest absolute Gasteiger partial charge is 0.306 e. The Balaban J connectivity index is 1.12. The first-order chi connectivity index (χ1) is 17.3. The van der Waals surface area contributed by atoms with Crippen LogP contribution in [-0.2, 0) is 9.53 Å². The number of carbonyl (C=O) groups is 2. The number of rotatable bonds is 10. The molecule has 2 unspecified atom stereocenters. The van der Waals surface area contributed by atoms with Crippen LogP contribution in [0.3, 0.4) is 0 Å². The van der Waals surface area contributed by atoms with Crippen LogP contribution in [0.5, 0.6) is 5.75 Å². The number of piperidine rings is 2. The van der Waals surface area contributed by atoms with Crippen LogP contribution < -0.4 is 15.8 Å². The zero-order chi connectivity index (χ0) is 25.7. The molecule has 1 aromatic rings. The van der Waals surface area contributed by atoms with Crippen molar-refractivity contribution >= 4 is 29.2 Å². The molecule has 9 heteroatoms. The molecule has 2 saturated heterocycles. The van der Waals surface area contributed by atoms with Crippen molar-refractivity contribution in [1.82, 2.24) is 15.1 Å². The fourth-order valence-corrected chi connectivity index (χ4v) is 5.66. The maximum absolute atomic E-state index is 12.9. The van der Waals surface area contributed by atoms with Crippen LogP contribution >= 0.6 is 11.6 Å². The molecule has 0 aromatic heterocycles. The summed E-state index contributed by atoms with van der Waals surface area (Å²) in [6, 6.07) is 3.23. The van der Waals surface area contributed by atoms with Gasteiger partial charge in [0.25, 0.3) is 5.91 Å². The molecule has 4 aliphatic heterocycles. The highest BCUT2D eigenvalue weighted by Gasteiger charge is 2.33. The molecule has 0 radical (unpaired) electrons. The Morgan fingerprint density at radius 3 is 2.67 bits per heavy atom. The number of nitrogen functional groups attached to an aromatic ring is 1. The highest BCUT2D eigenvalue weighted by molar-refractivity contribution is 6.33. The summed E-state index contributed by atoms with van der Waals surface area (Å²) in [7, 11) is 1.51. The van der Waals surface area contributed by atoms with Crippen molar-refractivity contribution in [1.29, 1.82) is 0 Å². The number of nitrogens with two attached hydrogens (primary N) is 1. The van der Waals surface area contributed by atoms with E-state index in [1.165, 1.54) is 7.11 Å². The normalized spacial score (nSPS) is 25.6. The lowest BCUT2D eigenvalue weighted by molar-refractivity contribution is -0.154. The average Bonchev–Trinajstić information content (AvgIpc) is 2.87. The van der Waals surface area contributed by atoms with Crippen LogP contribution in [-0.4, -0.2) is 73.7 Å². The summed E-state index contributed by atoms with van der Waals surface area (Å²) in [5, 5.41) is 3.50. The molecule has 3 N–H and O–H groups in total. The SMILES string of the molecule is COc1cc(N)c(Cl)cc1C(=O)N[C@@H]1CCN(CCCCCC(=O)O[C@H]2CN3C=CC2CC3)CC1C. The van der Waals surface area contributed by atoms with Gasteiger partial charge in [-0.3, -0.25) is 9.59 Å². The van der Waals surface area contributed by atoms with Gasteiger partial charge in [-0.25, -0.2) is 0 Å². The molecular weight excluding hydrogens is 480 g/mol. The summed E-state index contributed by atoms with van der Waals surface area (Å²) >= 11 is 6.13. The largest absolute Gasteiger partial charge is 0.496 e. The Hall–Kier alpha value is -2.45. The highest BCUT2D eigenvalue weighted by atomic mass is 35.5. The van der Waals surface area contributed by atoms with Crippen LogP contribution in [0.25, 0.3) is 0 Å². The van der Waals surface area contributed by atoms with Gasteiger partial charge in [0.15, 0.2) is 0 Å². The van der Waals surface area contributed by atoms with Crippen molar-refractivity contribution in [3.8, 4) is 5.75 Å². The van der Waals surface area contributed by atoms with Crippen molar-refractivity contribution in [3.63, 3.8) is 0 Å². The van der Waals surface area contributed by atoms with E-state index in [1.807, 2.05) is 0 Å². The molecular formula is C27H39ClN4O4. The summed E-state index contributed by atoms with van der Waals surface area (Å²) < 4.78 is 11.1. The van der Waals surface area contributed by atoms with E-state index in [4.69, 9.17) is 26.8 Å². The van der Waals surface area contributed by atoms with Crippen LogP contribution in [0, 0.1) is 11.8 Å². The lowest BCUT2D eigenvalue weighted by Crippen LogP contribution is -2.50. The number of fused-ring (bicyclic) bond motifs is 2. The van der Waals surface area contributed by atoms with Crippen LogP contribution in [0.4, 0.5) is 5.69 Å². The first-order valence-electron chi connectivity index (χ1n) is 13.1. The molecule has 2 fully saturated rings. The molecule has 0 aliphatic carbocycles. The van der Waals surface area contributed by atoms with Gasteiger partial charge in [-0.2, -0.15) is 0 Å². The van der Waals surface area contributed by atoms with E-state index in [-0.39, 0.29) is 24.0 Å².